The molecular formula is C34H64N2. The van der Waals surface area contributed by atoms with Crippen LogP contribution in [0.25, 0.3) is 0 Å². The first-order chi connectivity index (χ1) is 17.2. The highest BCUT2D eigenvalue weighted by Crippen LogP contribution is 2.46. The third-order valence-electron chi connectivity index (χ3n) is 11.6. The molecule has 3 aliphatic rings. The van der Waals surface area contributed by atoms with Crippen molar-refractivity contribution in [3.63, 3.8) is 0 Å². The molecule has 0 amide bonds. The summed E-state index contributed by atoms with van der Waals surface area (Å²) >= 11 is 0. The third-order valence-corrected chi connectivity index (χ3v) is 11.6. The Morgan fingerprint density at radius 3 is 1.89 bits per heavy atom. The molecule has 0 aromatic carbocycles. The predicted octanol–water partition coefficient (Wildman–Crippen LogP) is 9.12. The molecule has 1 saturated carbocycles. The van der Waals surface area contributed by atoms with E-state index in [1.54, 1.807) is 0 Å². The van der Waals surface area contributed by atoms with Crippen molar-refractivity contribution in [2.75, 3.05) is 13.1 Å². The van der Waals surface area contributed by atoms with Crippen molar-refractivity contribution >= 4 is 0 Å². The third kappa shape index (κ3) is 6.27. The van der Waals surface area contributed by atoms with Gasteiger partial charge < -0.3 is 0 Å². The van der Waals surface area contributed by atoms with Crippen molar-refractivity contribution in [1.29, 1.82) is 0 Å². The zero-order valence-electron chi connectivity index (χ0n) is 26.0. The smallest absolute Gasteiger partial charge is 0.0602 e. The molecule has 3 rings (SSSR count). The van der Waals surface area contributed by atoms with Gasteiger partial charge in [0.25, 0.3) is 0 Å². The molecule has 36 heavy (non-hydrogen) atoms. The Kier molecular flexibility index (Phi) is 11.4. The van der Waals surface area contributed by atoms with Crippen molar-refractivity contribution in [1.82, 2.24) is 9.80 Å². The second kappa shape index (κ2) is 13.6. The second-order valence-electron chi connectivity index (χ2n) is 13.8. The molecule has 210 valence electrons. The highest BCUT2D eigenvalue weighted by Gasteiger charge is 2.47. The molecule has 6 unspecified atom stereocenters. The predicted molar refractivity (Wildman–Crippen MR) is 159 cm³/mol. The highest BCUT2D eigenvalue weighted by molar-refractivity contribution is 5.09. The van der Waals surface area contributed by atoms with E-state index in [9.17, 15) is 0 Å². The lowest BCUT2D eigenvalue weighted by Gasteiger charge is -2.44. The van der Waals surface area contributed by atoms with Crippen molar-refractivity contribution in [3.05, 3.63) is 12.2 Å². The molecule has 2 fully saturated rings. The summed E-state index contributed by atoms with van der Waals surface area (Å²) in [5, 5.41) is 0. The number of hydrogen-bond acceptors (Lipinski definition) is 2. The average Bonchev–Trinajstić information content (AvgIpc) is 3.13. The maximum absolute atomic E-state index is 2.97. The zero-order valence-corrected chi connectivity index (χ0v) is 26.0. The standard InChI is InChI=1S/C34H64N2/c1-11-14-17-30-24(5)22-25(6)34(27(8)26(30)7)36-21-20-35(29(36)10)33-19-18-23(4)31(15-12-2)32(16-13-3)28(33)9/h18-19,23-34H,11-17,20-22H2,1-10H3/t23-,24+,25+,26?,27+,28-,29?,30?,31?,32?,33?,34-/m0/s1. The average molecular weight is 501 g/mol. The molecule has 1 heterocycles. The lowest BCUT2D eigenvalue weighted by molar-refractivity contribution is 0.0176. The van der Waals surface area contributed by atoms with Gasteiger partial charge >= 0.3 is 0 Å². The Morgan fingerprint density at radius 1 is 0.611 bits per heavy atom. The van der Waals surface area contributed by atoms with Crippen LogP contribution in [0, 0.1) is 53.3 Å². The van der Waals surface area contributed by atoms with Crippen molar-refractivity contribution in [3.8, 4) is 0 Å². The van der Waals surface area contributed by atoms with E-state index in [-0.39, 0.29) is 0 Å². The lowest BCUT2D eigenvalue weighted by atomic mass is 9.71. The van der Waals surface area contributed by atoms with Crippen LogP contribution >= 0.6 is 0 Å². The Morgan fingerprint density at radius 2 is 1.25 bits per heavy atom. The topological polar surface area (TPSA) is 6.48 Å². The Hall–Kier alpha value is -0.340. The van der Waals surface area contributed by atoms with Gasteiger partial charge in [-0.15, -0.1) is 0 Å². The molecule has 2 aliphatic carbocycles. The fourth-order valence-electron chi connectivity index (χ4n) is 9.52. The fourth-order valence-corrected chi connectivity index (χ4v) is 9.52. The van der Waals surface area contributed by atoms with Crippen LogP contribution in [0.5, 0.6) is 0 Å². The molecule has 0 bridgehead atoms. The molecule has 0 N–H and O–H groups in total. The van der Waals surface area contributed by atoms with Gasteiger partial charge in [-0.25, -0.2) is 0 Å². The van der Waals surface area contributed by atoms with E-state index in [0.717, 1.165) is 53.4 Å². The first kappa shape index (κ1) is 30.2. The van der Waals surface area contributed by atoms with E-state index in [4.69, 9.17) is 0 Å². The van der Waals surface area contributed by atoms with E-state index in [1.807, 2.05) is 0 Å². The van der Waals surface area contributed by atoms with Crippen LogP contribution in [0.4, 0.5) is 0 Å². The van der Waals surface area contributed by atoms with Crippen molar-refractivity contribution < 1.29 is 0 Å². The van der Waals surface area contributed by atoms with Crippen molar-refractivity contribution in [2.45, 2.75) is 139 Å². The minimum Gasteiger partial charge on any atom is -0.283 e. The van der Waals surface area contributed by atoms with Gasteiger partial charge in [0.15, 0.2) is 0 Å². The summed E-state index contributed by atoms with van der Waals surface area (Å²) in [4.78, 5) is 5.88. The summed E-state index contributed by atoms with van der Waals surface area (Å²) in [6.07, 6.45) is 16.8. The number of allylic oxidation sites excluding steroid dienone is 1. The molecule has 2 heteroatoms. The molecule has 2 nitrogen and oxygen atoms in total. The minimum absolute atomic E-state index is 0.548. The molecule has 0 aromatic rings. The summed E-state index contributed by atoms with van der Waals surface area (Å²) in [6.45, 7) is 27.7. The number of rotatable bonds is 9. The summed E-state index contributed by atoms with van der Waals surface area (Å²) in [5.74, 6) is 7.31. The van der Waals surface area contributed by atoms with E-state index in [2.05, 4.69) is 91.2 Å². The first-order valence-corrected chi connectivity index (χ1v) is 16.4. The monoisotopic (exact) mass is 501 g/mol. The maximum atomic E-state index is 2.97. The van der Waals surface area contributed by atoms with Crippen LogP contribution in [0.1, 0.15) is 121 Å². The van der Waals surface area contributed by atoms with E-state index < -0.39 is 0 Å². The molecule has 0 radical (unpaired) electrons. The Balaban J connectivity index is 1.81. The van der Waals surface area contributed by atoms with E-state index in [0.29, 0.717) is 18.1 Å². The fraction of sp³-hybridized carbons (Fsp3) is 0.941. The van der Waals surface area contributed by atoms with Gasteiger partial charge in [0, 0.05) is 25.2 Å². The Labute approximate surface area is 227 Å². The van der Waals surface area contributed by atoms with E-state index >= 15 is 0 Å². The summed E-state index contributed by atoms with van der Waals surface area (Å²) in [6, 6.07) is 1.31. The highest BCUT2D eigenvalue weighted by atomic mass is 15.4. The molecule has 12 atom stereocenters. The summed E-state index contributed by atoms with van der Waals surface area (Å²) in [7, 11) is 0. The largest absolute Gasteiger partial charge is 0.283 e. The normalized spacial score (nSPS) is 45.1. The summed E-state index contributed by atoms with van der Waals surface area (Å²) in [5.41, 5.74) is 0. The maximum Gasteiger partial charge on any atom is 0.0602 e. The minimum atomic E-state index is 0.548. The van der Waals surface area contributed by atoms with Crippen LogP contribution in [0.15, 0.2) is 12.2 Å². The van der Waals surface area contributed by atoms with Gasteiger partial charge in [-0.2, -0.15) is 0 Å². The van der Waals surface area contributed by atoms with E-state index in [1.165, 1.54) is 64.5 Å². The van der Waals surface area contributed by atoms with Crippen LogP contribution in [-0.4, -0.2) is 41.1 Å². The summed E-state index contributed by atoms with van der Waals surface area (Å²) < 4.78 is 0. The first-order valence-electron chi connectivity index (χ1n) is 16.4. The van der Waals surface area contributed by atoms with Gasteiger partial charge in [-0.05, 0) is 79.4 Å². The molecule has 0 spiro atoms. The second-order valence-corrected chi connectivity index (χ2v) is 13.8. The number of unbranched alkanes of at least 4 members (excludes halogenated alkanes) is 1. The SMILES string of the molecule is CCCCC1C(C)[C@@H](C)[C@@H](N2CCN(C3C=C[C@H](C)C(CCC)C(CCC)[C@@H]3C)C2C)[C@H](C)C[C@H]1C. The van der Waals surface area contributed by atoms with Crippen LogP contribution in [0.3, 0.4) is 0 Å². The quantitative estimate of drug-likeness (QED) is 0.230. The van der Waals surface area contributed by atoms with Gasteiger partial charge in [-0.1, -0.05) is 107 Å². The molecule has 1 aliphatic heterocycles. The van der Waals surface area contributed by atoms with Gasteiger partial charge in [0.05, 0.1) is 6.17 Å². The molecular weight excluding hydrogens is 436 g/mol. The zero-order chi connectivity index (χ0) is 26.6. The van der Waals surface area contributed by atoms with Gasteiger partial charge in [0.2, 0.25) is 0 Å². The van der Waals surface area contributed by atoms with Crippen LogP contribution < -0.4 is 0 Å². The van der Waals surface area contributed by atoms with Gasteiger partial charge in [0.1, 0.15) is 0 Å². The molecule has 1 saturated heterocycles. The van der Waals surface area contributed by atoms with Crippen LogP contribution in [0.2, 0.25) is 0 Å². The number of hydrogen-bond donors (Lipinski definition) is 0. The lowest BCUT2D eigenvalue weighted by Crippen LogP contribution is -2.52. The van der Waals surface area contributed by atoms with Gasteiger partial charge in [-0.3, -0.25) is 9.80 Å². The molecule has 0 aromatic heterocycles. The van der Waals surface area contributed by atoms with Crippen molar-refractivity contribution in [2.24, 2.45) is 53.3 Å². The van der Waals surface area contributed by atoms with Crippen LogP contribution in [-0.2, 0) is 0 Å². The number of nitrogens with zero attached hydrogens (tertiary/aromatic N) is 2. The Bertz CT molecular complexity index is 672.